The molecule has 1 N–H and O–H groups in total. The largest absolute Gasteiger partial charge is 0.440 e. The van der Waals surface area contributed by atoms with Crippen molar-refractivity contribution in [2.75, 3.05) is 11.1 Å². The lowest BCUT2D eigenvalue weighted by Gasteiger charge is -2.08. The molecule has 1 amide bonds. The second-order valence-electron chi connectivity index (χ2n) is 3.65. The van der Waals surface area contributed by atoms with Crippen LogP contribution in [-0.4, -0.2) is 11.7 Å². The van der Waals surface area contributed by atoms with Crippen molar-refractivity contribution in [1.82, 2.24) is 0 Å². The summed E-state index contributed by atoms with van der Waals surface area (Å²) in [6.07, 6.45) is 1.82. The van der Waals surface area contributed by atoms with Gasteiger partial charge in [0.15, 0.2) is 11.0 Å². The van der Waals surface area contributed by atoms with E-state index < -0.39 is 0 Å². The van der Waals surface area contributed by atoms with Crippen molar-refractivity contribution in [2.24, 2.45) is 0 Å². The third-order valence-electron chi connectivity index (χ3n) is 2.29. The van der Waals surface area contributed by atoms with Crippen molar-refractivity contribution in [1.29, 1.82) is 0 Å². The summed E-state index contributed by atoms with van der Waals surface area (Å²) in [6, 6.07) is 10.6. The third kappa shape index (κ3) is 3.66. The van der Waals surface area contributed by atoms with Gasteiger partial charge in [-0.1, -0.05) is 18.2 Å². The molecule has 2 rings (SSSR count). The summed E-state index contributed by atoms with van der Waals surface area (Å²) >= 11 is 7.25. The molecule has 0 aliphatic carbocycles. The van der Waals surface area contributed by atoms with Gasteiger partial charge in [0.2, 0.25) is 0 Å². The summed E-state index contributed by atoms with van der Waals surface area (Å²) in [5, 5.41) is 3.00. The van der Waals surface area contributed by atoms with Crippen molar-refractivity contribution in [3.05, 3.63) is 60.0 Å². The predicted octanol–water partition coefficient (Wildman–Crippen LogP) is 4.46. The number of amides is 1. The van der Waals surface area contributed by atoms with Crippen LogP contribution in [0.3, 0.4) is 0 Å². The van der Waals surface area contributed by atoms with Gasteiger partial charge >= 0.3 is 0 Å². The fourth-order valence-electron chi connectivity index (χ4n) is 1.46. The van der Waals surface area contributed by atoms with Crippen molar-refractivity contribution in [3.63, 3.8) is 0 Å². The minimum atomic E-state index is -0.321. The number of hydrogen-bond acceptors (Lipinski definition) is 3. The Morgan fingerprint density at radius 2 is 2.16 bits per heavy atom. The normalized spacial score (nSPS) is 10.2. The van der Waals surface area contributed by atoms with Gasteiger partial charge in [-0.25, -0.2) is 0 Å². The number of nitrogens with one attached hydrogen (secondary N) is 1. The lowest BCUT2D eigenvalue weighted by molar-refractivity contribution is 0.0996. The Labute approximate surface area is 120 Å². The third-order valence-corrected chi connectivity index (χ3v) is 3.56. The van der Waals surface area contributed by atoms with Crippen molar-refractivity contribution >= 4 is 35.0 Å². The zero-order valence-electron chi connectivity index (χ0n) is 10.1. The molecule has 1 heterocycles. The quantitative estimate of drug-likeness (QED) is 0.653. The Balaban J connectivity index is 2.14. The fraction of sp³-hybridized carbons (Fsp3) is 0.0714. The molecule has 3 nitrogen and oxygen atoms in total. The maximum absolute atomic E-state index is 12.0. The maximum atomic E-state index is 12.0. The molecular formula is C14H12ClNO2S. The van der Waals surface area contributed by atoms with E-state index in [0.29, 0.717) is 0 Å². The number of anilines is 1. The average molecular weight is 294 g/mol. The molecule has 2 aromatic rings. The molecule has 1 aromatic carbocycles. The van der Waals surface area contributed by atoms with E-state index in [1.807, 2.05) is 30.3 Å². The molecule has 0 aliphatic rings. The molecule has 0 atom stereocenters. The first-order valence-corrected chi connectivity index (χ1v) is 6.96. The number of hydrogen-bond donors (Lipinski definition) is 1. The summed E-state index contributed by atoms with van der Waals surface area (Å²) in [7, 11) is 0. The van der Waals surface area contributed by atoms with E-state index in [4.69, 9.17) is 16.0 Å². The van der Waals surface area contributed by atoms with Gasteiger partial charge in [-0.2, -0.15) is 0 Å². The van der Waals surface area contributed by atoms with Gasteiger partial charge in [-0.15, -0.1) is 18.3 Å². The minimum Gasteiger partial charge on any atom is -0.440 e. The zero-order chi connectivity index (χ0) is 13.7. The number of halogens is 1. The number of rotatable bonds is 5. The van der Waals surface area contributed by atoms with E-state index in [0.717, 1.165) is 16.3 Å². The molecular weight excluding hydrogens is 282 g/mol. The summed E-state index contributed by atoms with van der Waals surface area (Å²) in [5.74, 6) is 0.645. The number of benzene rings is 1. The van der Waals surface area contributed by atoms with Crippen LogP contribution in [0.1, 0.15) is 10.6 Å². The first-order valence-electron chi connectivity index (χ1n) is 5.60. The van der Waals surface area contributed by atoms with E-state index in [9.17, 15) is 4.79 Å². The summed E-state index contributed by atoms with van der Waals surface area (Å²) < 4.78 is 5.07. The van der Waals surface area contributed by atoms with E-state index >= 15 is 0 Å². The highest BCUT2D eigenvalue weighted by Crippen LogP contribution is 2.27. The van der Waals surface area contributed by atoms with Crippen LogP contribution in [0.4, 0.5) is 5.69 Å². The smallest absolute Gasteiger partial charge is 0.291 e. The molecule has 19 heavy (non-hydrogen) atoms. The van der Waals surface area contributed by atoms with Crippen LogP contribution in [-0.2, 0) is 0 Å². The van der Waals surface area contributed by atoms with Gasteiger partial charge in [-0.05, 0) is 35.9 Å². The first-order chi connectivity index (χ1) is 9.20. The van der Waals surface area contributed by atoms with Gasteiger partial charge in [-0.3, -0.25) is 4.79 Å². The molecule has 0 unspecified atom stereocenters. The van der Waals surface area contributed by atoms with Gasteiger partial charge in [0.05, 0.1) is 5.69 Å². The number of para-hydroxylation sites is 1. The van der Waals surface area contributed by atoms with Crippen LogP contribution in [0.25, 0.3) is 0 Å². The second-order valence-corrected chi connectivity index (χ2v) is 5.09. The lowest BCUT2D eigenvalue weighted by atomic mass is 10.3. The number of thioether (sulfide) groups is 1. The van der Waals surface area contributed by atoms with Crippen LogP contribution in [0, 0.1) is 0 Å². The van der Waals surface area contributed by atoms with Crippen LogP contribution in [0.15, 0.2) is 58.4 Å². The van der Waals surface area contributed by atoms with E-state index in [-0.39, 0.29) is 16.9 Å². The number of carbonyl (C=O) groups is 1. The molecule has 0 radical (unpaired) electrons. The minimum absolute atomic E-state index is 0.188. The van der Waals surface area contributed by atoms with E-state index in [2.05, 4.69) is 11.9 Å². The van der Waals surface area contributed by atoms with Crippen LogP contribution in [0.5, 0.6) is 0 Å². The number of carbonyl (C=O) groups excluding carboxylic acids is 1. The Hall–Kier alpha value is -1.65. The highest BCUT2D eigenvalue weighted by atomic mass is 35.5. The molecule has 5 heteroatoms. The molecule has 0 spiro atoms. The monoisotopic (exact) mass is 293 g/mol. The fourth-order valence-corrected chi connectivity index (χ4v) is 2.36. The van der Waals surface area contributed by atoms with Crippen LogP contribution >= 0.6 is 23.4 Å². The van der Waals surface area contributed by atoms with Gasteiger partial charge in [0, 0.05) is 10.6 Å². The average Bonchev–Trinajstić information content (AvgIpc) is 2.84. The standard InChI is InChI=1S/C14H12ClNO2S/c1-2-9-19-12-6-4-3-5-10(12)16-14(17)11-7-8-13(15)18-11/h2-8H,1,9H2,(H,16,17). The SMILES string of the molecule is C=CCSc1ccccc1NC(=O)c1ccc(Cl)o1. The van der Waals surface area contributed by atoms with Gasteiger partial charge in [0.25, 0.3) is 5.91 Å². The molecule has 98 valence electrons. The van der Waals surface area contributed by atoms with E-state index in [1.165, 1.54) is 12.1 Å². The predicted molar refractivity (Wildman–Crippen MR) is 79.0 cm³/mol. The molecule has 0 saturated carbocycles. The molecule has 1 aromatic heterocycles. The molecule has 0 fully saturated rings. The highest BCUT2D eigenvalue weighted by Gasteiger charge is 2.12. The van der Waals surface area contributed by atoms with Crippen LogP contribution in [0.2, 0.25) is 5.22 Å². The van der Waals surface area contributed by atoms with Gasteiger partial charge in [0.1, 0.15) is 0 Å². The first kappa shape index (κ1) is 13.8. The van der Waals surface area contributed by atoms with Gasteiger partial charge < -0.3 is 9.73 Å². The summed E-state index contributed by atoms with van der Waals surface area (Å²) in [6.45, 7) is 3.68. The molecule has 0 saturated heterocycles. The van der Waals surface area contributed by atoms with Crippen molar-refractivity contribution in [3.8, 4) is 0 Å². The molecule has 0 aliphatic heterocycles. The second kappa shape index (κ2) is 6.50. The highest BCUT2D eigenvalue weighted by molar-refractivity contribution is 7.99. The Kier molecular flexibility index (Phi) is 4.71. The maximum Gasteiger partial charge on any atom is 0.291 e. The zero-order valence-corrected chi connectivity index (χ0v) is 11.6. The summed E-state index contributed by atoms with van der Waals surface area (Å²) in [4.78, 5) is 12.9. The number of furan rings is 1. The lowest BCUT2D eigenvalue weighted by Crippen LogP contribution is -2.11. The Morgan fingerprint density at radius 1 is 1.37 bits per heavy atom. The Bertz CT molecular complexity index is 595. The summed E-state index contributed by atoms with van der Waals surface area (Å²) in [5.41, 5.74) is 0.742. The van der Waals surface area contributed by atoms with Crippen molar-refractivity contribution in [2.45, 2.75) is 4.90 Å². The molecule has 0 bridgehead atoms. The van der Waals surface area contributed by atoms with Crippen molar-refractivity contribution < 1.29 is 9.21 Å². The van der Waals surface area contributed by atoms with Crippen LogP contribution < -0.4 is 5.32 Å². The van der Waals surface area contributed by atoms with E-state index in [1.54, 1.807) is 11.8 Å². The Morgan fingerprint density at radius 3 is 2.84 bits per heavy atom. The topological polar surface area (TPSA) is 42.2 Å².